The predicted molar refractivity (Wildman–Crippen MR) is 72.3 cm³/mol. The molecule has 1 unspecified atom stereocenters. The molecular weight excluding hydrogens is 236 g/mol. The van der Waals surface area contributed by atoms with Gasteiger partial charge in [0.2, 0.25) is 0 Å². The standard InChI is InChI=1S/C12H16N2S2/c1-4-13-9(3)11-5-14-12(16-11)10-7-15-6-8(10)2/h5-7,9,13H,4H2,1-3H3. The van der Waals surface area contributed by atoms with Crippen LogP contribution in [0.5, 0.6) is 0 Å². The highest BCUT2D eigenvalue weighted by Gasteiger charge is 2.11. The summed E-state index contributed by atoms with van der Waals surface area (Å²) in [6.07, 6.45) is 1.99. The molecule has 0 aliphatic rings. The van der Waals surface area contributed by atoms with Gasteiger partial charge in [-0.2, -0.15) is 11.3 Å². The molecule has 0 amide bonds. The van der Waals surface area contributed by atoms with E-state index in [-0.39, 0.29) is 0 Å². The summed E-state index contributed by atoms with van der Waals surface area (Å²) < 4.78 is 0. The Morgan fingerprint density at radius 3 is 2.88 bits per heavy atom. The zero-order chi connectivity index (χ0) is 11.5. The molecule has 1 atom stereocenters. The number of rotatable bonds is 4. The number of hydrogen-bond donors (Lipinski definition) is 1. The third-order valence-corrected chi connectivity index (χ3v) is 4.62. The summed E-state index contributed by atoms with van der Waals surface area (Å²) in [6, 6.07) is 0.398. The molecule has 0 fully saturated rings. The molecule has 86 valence electrons. The fourth-order valence-electron chi connectivity index (χ4n) is 1.60. The van der Waals surface area contributed by atoms with Crippen molar-refractivity contribution in [2.24, 2.45) is 0 Å². The van der Waals surface area contributed by atoms with Crippen LogP contribution >= 0.6 is 22.7 Å². The van der Waals surface area contributed by atoms with E-state index in [0.29, 0.717) is 6.04 Å². The lowest BCUT2D eigenvalue weighted by Gasteiger charge is -2.08. The third kappa shape index (κ3) is 2.34. The molecule has 2 nitrogen and oxygen atoms in total. The van der Waals surface area contributed by atoms with Crippen molar-refractivity contribution in [3.8, 4) is 10.6 Å². The van der Waals surface area contributed by atoms with E-state index in [9.17, 15) is 0 Å². The molecule has 0 radical (unpaired) electrons. The lowest BCUT2D eigenvalue weighted by molar-refractivity contribution is 0.606. The van der Waals surface area contributed by atoms with E-state index in [2.05, 4.69) is 41.8 Å². The van der Waals surface area contributed by atoms with Crippen molar-refractivity contribution in [2.75, 3.05) is 6.54 Å². The Kier molecular flexibility index (Phi) is 3.74. The third-order valence-electron chi connectivity index (χ3n) is 2.55. The van der Waals surface area contributed by atoms with Crippen molar-refractivity contribution in [3.05, 3.63) is 27.4 Å². The monoisotopic (exact) mass is 252 g/mol. The van der Waals surface area contributed by atoms with Gasteiger partial charge in [-0.15, -0.1) is 11.3 Å². The average Bonchev–Trinajstić information content (AvgIpc) is 2.86. The van der Waals surface area contributed by atoms with E-state index in [1.807, 2.05) is 6.20 Å². The van der Waals surface area contributed by atoms with E-state index in [1.54, 1.807) is 22.7 Å². The van der Waals surface area contributed by atoms with Crippen molar-refractivity contribution < 1.29 is 0 Å². The Morgan fingerprint density at radius 1 is 1.44 bits per heavy atom. The highest BCUT2D eigenvalue weighted by molar-refractivity contribution is 7.15. The summed E-state index contributed by atoms with van der Waals surface area (Å²) in [5, 5.41) is 8.89. The fourth-order valence-corrected chi connectivity index (χ4v) is 3.53. The minimum absolute atomic E-state index is 0.398. The maximum Gasteiger partial charge on any atom is 0.124 e. The summed E-state index contributed by atoms with van der Waals surface area (Å²) in [5.41, 5.74) is 2.60. The number of thiophene rings is 1. The van der Waals surface area contributed by atoms with Gasteiger partial charge in [0.15, 0.2) is 0 Å². The minimum atomic E-state index is 0.398. The summed E-state index contributed by atoms with van der Waals surface area (Å²) in [7, 11) is 0. The molecular formula is C12H16N2S2. The molecule has 16 heavy (non-hydrogen) atoms. The Hall–Kier alpha value is -0.710. The van der Waals surface area contributed by atoms with Crippen LogP contribution in [0.2, 0.25) is 0 Å². The van der Waals surface area contributed by atoms with Crippen molar-refractivity contribution >= 4 is 22.7 Å². The van der Waals surface area contributed by atoms with Gasteiger partial charge in [-0.25, -0.2) is 4.98 Å². The smallest absolute Gasteiger partial charge is 0.124 e. The fraction of sp³-hybridized carbons (Fsp3) is 0.417. The molecule has 0 bridgehead atoms. The number of thiazole rings is 1. The van der Waals surface area contributed by atoms with Gasteiger partial charge in [-0.3, -0.25) is 0 Å². The number of nitrogens with zero attached hydrogens (tertiary/aromatic N) is 1. The van der Waals surface area contributed by atoms with Crippen LogP contribution in [0, 0.1) is 6.92 Å². The summed E-state index contributed by atoms with van der Waals surface area (Å²) in [4.78, 5) is 5.82. The Labute approximate surface area is 104 Å². The Balaban J connectivity index is 2.23. The molecule has 0 saturated heterocycles. The summed E-state index contributed by atoms with van der Waals surface area (Å²) >= 11 is 3.53. The van der Waals surface area contributed by atoms with Gasteiger partial charge in [-0.05, 0) is 31.3 Å². The van der Waals surface area contributed by atoms with E-state index in [0.717, 1.165) is 11.6 Å². The number of aromatic nitrogens is 1. The summed E-state index contributed by atoms with van der Waals surface area (Å²) in [5.74, 6) is 0. The molecule has 0 saturated carbocycles. The van der Waals surface area contributed by atoms with Gasteiger partial charge in [0.1, 0.15) is 5.01 Å². The van der Waals surface area contributed by atoms with Gasteiger partial charge in [-0.1, -0.05) is 6.92 Å². The maximum absolute atomic E-state index is 4.51. The normalized spacial score (nSPS) is 12.9. The second-order valence-electron chi connectivity index (χ2n) is 3.82. The zero-order valence-electron chi connectivity index (χ0n) is 9.78. The van der Waals surface area contributed by atoms with Gasteiger partial charge < -0.3 is 5.32 Å². The first-order valence-corrected chi connectivity index (χ1v) is 7.20. The molecule has 2 rings (SSSR count). The first-order valence-electron chi connectivity index (χ1n) is 5.44. The van der Waals surface area contributed by atoms with Gasteiger partial charge in [0.25, 0.3) is 0 Å². The molecule has 4 heteroatoms. The number of aryl methyl sites for hydroxylation is 1. The van der Waals surface area contributed by atoms with Crippen molar-refractivity contribution in [1.82, 2.24) is 10.3 Å². The molecule has 0 spiro atoms. The SMILES string of the molecule is CCNC(C)c1cnc(-c2cscc2C)s1. The molecule has 1 N–H and O–H groups in total. The largest absolute Gasteiger partial charge is 0.310 e. The van der Waals surface area contributed by atoms with Crippen LogP contribution in [0.1, 0.15) is 30.3 Å². The highest BCUT2D eigenvalue weighted by atomic mass is 32.1. The van der Waals surface area contributed by atoms with Gasteiger partial charge >= 0.3 is 0 Å². The van der Waals surface area contributed by atoms with Gasteiger partial charge in [0.05, 0.1) is 0 Å². The van der Waals surface area contributed by atoms with Crippen molar-refractivity contribution in [2.45, 2.75) is 26.8 Å². The van der Waals surface area contributed by atoms with Crippen LogP contribution in [-0.2, 0) is 0 Å². The molecule has 2 aromatic heterocycles. The number of nitrogens with one attached hydrogen (secondary N) is 1. The maximum atomic E-state index is 4.51. The van der Waals surface area contributed by atoms with Crippen LogP contribution in [0.15, 0.2) is 17.0 Å². The topological polar surface area (TPSA) is 24.9 Å². The molecule has 0 aliphatic heterocycles. The molecule has 0 aromatic carbocycles. The van der Waals surface area contributed by atoms with Crippen LogP contribution in [0.4, 0.5) is 0 Å². The first-order chi connectivity index (χ1) is 7.72. The van der Waals surface area contributed by atoms with E-state index in [1.165, 1.54) is 16.0 Å². The lowest BCUT2D eigenvalue weighted by Crippen LogP contribution is -2.16. The van der Waals surface area contributed by atoms with Crippen LogP contribution < -0.4 is 5.32 Å². The van der Waals surface area contributed by atoms with Crippen LogP contribution in [0.25, 0.3) is 10.6 Å². The van der Waals surface area contributed by atoms with Crippen LogP contribution in [-0.4, -0.2) is 11.5 Å². The lowest BCUT2D eigenvalue weighted by atomic mass is 10.2. The van der Waals surface area contributed by atoms with E-state index >= 15 is 0 Å². The average molecular weight is 252 g/mol. The molecule has 2 heterocycles. The van der Waals surface area contributed by atoms with Gasteiger partial charge in [0, 0.05) is 28.1 Å². The van der Waals surface area contributed by atoms with E-state index in [4.69, 9.17) is 0 Å². The second-order valence-corrected chi connectivity index (χ2v) is 5.62. The second kappa shape index (κ2) is 5.08. The van der Waals surface area contributed by atoms with Crippen molar-refractivity contribution in [3.63, 3.8) is 0 Å². The Bertz CT molecular complexity index is 459. The predicted octanol–water partition coefficient (Wildman–Crippen LogP) is 3.85. The van der Waals surface area contributed by atoms with Crippen molar-refractivity contribution in [1.29, 1.82) is 0 Å². The summed E-state index contributed by atoms with van der Waals surface area (Å²) in [6.45, 7) is 7.44. The van der Waals surface area contributed by atoms with Crippen LogP contribution in [0.3, 0.4) is 0 Å². The van der Waals surface area contributed by atoms with E-state index < -0.39 is 0 Å². The highest BCUT2D eigenvalue weighted by Crippen LogP contribution is 2.32. The Morgan fingerprint density at radius 2 is 2.25 bits per heavy atom. The zero-order valence-corrected chi connectivity index (χ0v) is 11.4. The minimum Gasteiger partial charge on any atom is -0.310 e. The number of hydrogen-bond acceptors (Lipinski definition) is 4. The quantitative estimate of drug-likeness (QED) is 0.894. The molecule has 0 aliphatic carbocycles. The molecule has 2 aromatic rings. The first kappa shape index (κ1) is 11.8.